The van der Waals surface area contributed by atoms with Gasteiger partial charge in [-0.1, -0.05) is 6.07 Å². The number of nitrogens with zero attached hydrogens (tertiary/aromatic N) is 5. The van der Waals surface area contributed by atoms with E-state index in [9.17, 15) is 4.79 Å². The Labute approximate surface area is 171 Å². The zero-order valence-corrected chi connectivity index (χ0v) is 17.3. The first-order chi connectivity index (χ1) is 14.0. The average molecular weight is 393 g/mol. The SMILES string of the molecule is COCCN(C(=O)c1cccc(C#N)c1)C1CCN(c2nc(C)cc(C)n2)CC1. The van der Waals surface area contributed by atoms with Crippen molar-refractivity contribution in [2.75, 3.05) is 38.3 Å². The Bertz CT molecular complexity index is 880. The van der Waals surface area contributed by atoms with Gasteiger partial charge in [0.25, 0.3) is 5.91 Å². The fourth-order valence-electron chi connectivity index (χ4n) is 3.75. The van der Waals surface area contributed by atoms with Crippen LogP contribution >= 0.6 is 0 Å². The van der Waals surface area contributed by atoms with Gasteiger partial charge in [0.2, 0.25) is 5.95 Å². The van der Waals surface area contributed by atoms with Crippen LogP contribution in [-0.2, 0) is 4.74 Å². The van der Waals surface area contributed by atoms with Gasteiger partial charge in [-0.15, -0.1) is 0 Å². The van der Waals surface area contributed by atoms with E-state index in [2.05, 4.69) is 20.9 Å². The lowest BCUT2D eigenvalue weighted by atomic mass is 10.0. The van der Waals surface area contributed by atoms with Crippen molar-refractivity contribution in [1.82, 2.24) is 14.9 Å². The van der Waals surface area contributed by atoms with Crippen LogP contribution in [0.15, 0.2) is 30.3 Å². The highest BCUT2D eigenvalue weighted by atomic mass is 16.5. The van der Waals surface area contributed by atoms with Crippen LogP contribution in [0.5, 0.6) is 0 Å². The zero-order valence-electron chi connectivity index (χ0n) is 17.3. The van der Waals surface area contributed by atoms with Gasteiger partial charge in [0, 0.05) is 49.7 Å². The summed E-state index contributed by atoms with van der Waals surface area (Å²) in [6.45, 7) is 6.54. The van der Waals surface area contributed by atoms with Crippen LogP contribution in [0.2, 0.25) is 0 Å². The van der Waals surface area contributed by atoms with Crippen molar-refractivity contribution in [2.45, 2.75) is 32.7 Å². The molecule has 1 aliphatic heterocycles. The van der Waals surface area contributed by atoms with Crippen LogP contribution < -0.4 is 4.90 Å². The van der Waals surface area contributed by atoms with Gasteiger partial charge in [-0.2, -0.15) is 5.26 Å². The predicted molar refractivity (Wildman–Crippen MR) is 111 cm³/mol. The molecule has 1 aliphatic rings. The fraction of sp³-hybridized carbons (Fsp3) is 0.455. The molecule has 1 aromatic carbocycles. The van der Waals surface area contributed by atoms with E-state index in [0.29, 0.717) is 24.3 Å². The van der Waals surface area contributed by atoms with Gasteiger partial charge >= 0.3 is 0 Å². The van der Waals surface area contributed by atoms with Crippen molar-refractivity contribution in [3.63, 3.8) is 0 Å². The van der Waals surface area contributed by atoms with E-state index in [1.807, 2.05) is 24.8 Å². The summed E-state index contributed by atoms with van der Waals surface area (Å²) in [5, 5.41) is 9.14. The molecule has 7 nitrogen and oxygen atoms in total. The minimum atomic E-state index is -0.0553. The first kappa shape index (κ1) is 20.7. The summed E-state index contributed by atoms with van der Waals surface area (Å²) in [5.41, 5.74) is 2.96. The lowest BCUT2D eigenvalue weighted by Gasteiger charge is -2.38. The smallest absolute Gasteiger partial charge is 0.254 e. The van der Waals surface area contributed by atoms with Crippen LogP contribution in [0.25, 0.3) is 0 Å². The maximum Gasteiger partial charge on any atom is 0.254 e. The van der Waals surface area contributed by atoms with Crippen LogP contribution in [0.4, 0.5) is 5.95 Å². The minimum Gasteiger partial charge on any atom is -0.383 e. The summed E-state index contributed by atoms with van der Waals surface area (Å²) >= 11 is 0. The molecular formula is C22H27N5O2. The summed E-state index contributed by atoms with van der Waals surface area (Å²) in [4.78, 5) is 26.4. The molecule has 152 valence electrons. The van der Waals surface area contributed by atoms with Crippen molar-refractivity contribution in [3.05, 3.63) is 52.8 Å². The minimum absolute atomic E-state index is 0.0553. The second-order valence-electron chi connectivity index (χ2n) is 7.35. The monoisotopic (exact) mass is 393 g/mol. The number of hydrogen-bond acceptors (Lipinski definition) is 6. The second kappa shape index (κ2) is 9.48. The number of aryl methyl sites for hydroxylation is 2. The number of nitriles is 1. The molecule has 2 heterocycles. The third-order valence-electron chi connectivity index (χ3n) is 5.19. The summed E-state index contributed by atoms with van der Waals surface area (Å²) in [6, 6.07) is 11.1. The number of piperidine rings is 1. The number of amides is 1. The quantitative estimate of drug-likeness (QED) is 0.750. The Kier molecular flexibility index (Phi) is 6.78. The Hall–Kier alpha value is -2.98. The van der Waals surface area contributed by atoms with Crippen LogP contribution in [0.1, 0.15) is 40.2 Å². The topological polar surface area (TPSA) is 82.4 Å². The van der Waals surface area contributed by atoms with E-state index in [1.54, 1.807) is 31.4 Å². The normalized spacial score (nSPS) is 14.5. The van der Waals surface area contributed by atoms with Crippen molar-refractivity contribution < 1.29 is 9.53 Å². The molecule has 0 unspecified atom stereocenters. The zero-order chi connectivity index (χ0) is 20.8. The second-order valence-corrected chi connectivity index (χ2v) is 7.35. The molecule has 0 N–H and O–H groups in total. The predicted octanol–water partition coefficient (Wildman–Crippen LogP) is 2.72. The highest BCUT2D eigenvalue weighted by Gasteiger charge is 2.29. The van der Waals surface area contributed by atoms with Crippen molar-refractivity contribution in [2.24, 2.45) is 0 Å². The van der Waals surface area contributed by atoms with E-state index in [0.717, 1.165) is 43.3 Å². The number of carbonyl (C=O) groups excluding carboxylic acids is 1. The summed E-state index contributed by atoms with van der Waals surface area (Å²) < 4.78 is 5.23. The van der Waals surface area contributed by atoms with Crippen LogP contribution in [0.3, 0.4) is 0 Å². The Morgan fingerprint density at radius 2 is 1.93 bits per heavy atom. The molecule has 0 radical (unpaired) electrons. The third-order valence-corrected chi connectivity index (χ3v) is 5.19. The van der Waals surface area contributed by atoms with Crippen LogP contribution in [0, 0.1) is 25.2 Å². The van der Waals surface area contributed by atoms with Gasteiger partial charge in [0.15, 0.2) is 0 Å². The number of rotatable bonds is 6. The van der Waals surface area contributed by atoms with Gasteiger partial charge < -0.3 is 14.5 Å². The average Bonchev–Trinajstić information content (AvgIpc) is 2.73. The molecule has 0 saturated carbocycles. The Morgan fingerprint density at radius 1 is 1.24 bits per heavy atom. The highest BCUT2D eigenvalue weighted by molar-refractivity contribution is 5.94. The van der Waals surface area contributed by atoms with E-state index in [-0.39, 0.29) is 11.9 Å². The standard InChI is InChI=1S/C22H27N5O2/c1-16-13-17(2)25-22(24-16)26-9-7-20(8-10-26)27(11-12-29-3)21(28)19-6-4-5-18(14-19)15-23/h4-6,13-14,20H,7-12H2,1-3H3. The molecule has 0 bridgehead atoms. The summed E-state index contributed by atoms with van der Waals surface area (Å²) in [7, 11) is 1.64. The number of benzene rings is 1. The Balaban J connectivity index is 1.73. The molecule has 1 amide bonds. The summed E-state index contributed by atoms with van der Waals surface area (Å²) in [5.74, 6) is 0.706. The molecule has 3 rings (SSSR count). The van der Waals surface area contributed by atoms with Crippen molar-refractivity contribution in [3.8, 4) is 6.07 Å². The highest BCUT2D eigenvalue weighted by Crippen LogP contribution is 2.22. The maximum absolute atomic E-state index is 13.2. The molecule has 7 heteroatoms. The first-order valence-electron chi connectivity index (χ1n) is 9.89. The number of aromatic nitrogens is 2. The number of anilines is 1. The van der Waals surface area contributed by atoms with Gasteiger partial charge in [-0.25, -0.2) is 9.97 Å². The first-order valence-corrected chi connectivity index (χ1v) is 9.89. The number of methoxy groups -OCH3 is 1. The number of carbonyl (C=O) groups is 1. The van der Waals surface area contributed by atoms with E-state index in [1.165, 1.54) is 0 Å². The van der Waals surface area contributed by atoms with Gasteiger partial charge in [0.05, 0.1) is 18.2 Å². The van der Waals surface area contributed by atoms with Gasteiger partial charge in [-0.05, 0) is 51.0 Å². The molecule has 29 heavy (non-hydrogen) atoms. The maximum atomic E-state index is 13.2. The van der Waals surface area contributed by atoms with E-state index in [4.69, 9.17) is 10.00 Å². The molecule has 0 spiro atoms. The third kappa shape index (κ3) is 5.09. The molecule has 1 fully saturated rings. The lowest BCUT2D eigenvalue weighted by molar-refractivity contribution is 0.0568. The molecule has 1 aromatic heterocycles. The molecule has 0 aliphatic carbocycles. The van der Waals surface area contributed by atoms with Crippen molar-refractivity contribution in [1.29, 1.82) is 5.26 Å². The van der Waals surface area contributed by atoms with Gasteiger partial charge in [-0.3, -0.25) is 4.79 Å². The molecular weight excluding hydrogens is 366 g/mol. The number of hydrogen-bond donors (Lipinski definition) is 0. The molecule has 2 aromatic rings. The molecule has 0 atom stereocenters. The lowest BCUT2D eigenvalue weighted by Crippen LogP contribution is -2.49. The molecule has 1 saturated heterocycles. The van der Waals surface area contributed by atoms with Crippen molar-refractivity contribution >= 4 is 11.9 Å². The fourth-order valence-corrected chi connectivity index (χ4v) is 3.75. The van der Waals surface area contributed by atoms with Gasteiger partial charge in [0.1, 0.15) is 0 Å². The summed E-state index contributed by atoms with van der Waals surface area (Å²) in [6.07, 6.45) is 1.67. The van der Waals surface area contributed by atoms with E-state index < -0.39 is 0 Å². The largest absolute Gasteiger partial charge is 0.383 e. The van der Waals surface area contributed by atoms with Crippen LogP contribution in [-0.4, -0.2) is 60.2 Å². The van der Waals surface area contributed by atoms with E-state index >= 15 is 0 Å². The number of ether oxygens (including phenoxy) is 1. The Morgan fingerprint density at radius 3 is 2.55 bits per heavy atom.